The number of rotatable bonds is 3. The molecule has 0 spiro atoms. The predicted molar refractivity (Wildman–Crippen MR) is 37.6 cm³/mol. The predicted octanol–water partition coefficient (Wildman–Crippen LogP) is 0.357. The molecule has 0 saturated carbocycles. The van der Waals surface area contributed by atoms with Gasteiger partial charge in [-0.05, 0) is 6.42 Å². The molecule has 0 aliphatic heterocycles. The molecular formula is C4H11Cl2NO. The summed E-state index contributed by atoms with van der Waals surface area (Å²) >= 11 is 5.28. The SMILES string of the molecule is Cl.NC(CO)CCCl. The molecule has 0 rings (SSSR count). The molecule has 0 fully saturated rings. The second-order valence-electron chi connectivity index (χ2n) is 1.42. The van der Waals surface area contributed by atoms with Crippen LogP contribution in [-0.2, 0) is 0 Å². The Bertz CT molecular complexity index is 45.0. The fourth-order valence-corrected chi connectivity index (χ4v) is 0.512. The second kappa shape index (κ2) is 7.50. The van der Waals surface area contributed by atoms with Gasteiger partial charge in [0, 0.05) is 11.9 Å². The van der Waals surface area contributed by atoms with Crippen molar-refractivity contribution in [2.24, 2.45) is 5.73 Å². The molecule has 0 aromatic heterocycles. The average Bonchev–Trinajstić information content (AvgIpc) is 1.68. The van der Waals surface area contributed by atoms with Crippen LogP contribution in [-0.4, -0.2) is 23.6 Å². The molecule has 0 aliphatic rings. The van der Waals surface area contributed by atoms with Gasteiger partial charge >= 0.3 is 0 Å². The number of nitrogens with two attached hydrogens (primary N) is 1. The Kier molecular flexibility index (Phi) is 10.6. The van der Waals surface area contributed by atoms with E-state index in [9.17, 15) is 0 Å². The third-order valence-corrected chi connectivity index (χ3v) is 0.933. The van der Waals surface area contributed by atoms with Crippen LogP contribution >= 0.6 is 24.0 Å². The zero-order chi connectivity index (χ0) is 5.70. The van der Waals surface area contributed by atoms with Gasteiger partial charge in [-0.1, -0.05) is 0 Å². The Morgan fingerprint density at radius 2 is 2.12 bits per heavy atom. The summed E-state index contributed by atoms with van der Waals surface area (Å²) in [4.78, 5) is 0. The first kappa shape index (κ1) is 11.3. The molecule has 0 aromatic rings. The van der Waals surface area contributed by atoms with E-state index in [1.54, 1.807) is 0 Å². The number of hydrogen-bond donors (Lipinski definition) is 2. The van der Waals surface area contributed by atoms with Gasteiger partial charge in [-0.3, -0.25) is 0 Å². The maximum Gasteiger partial charge on any atom is 0.0582 e. The molecule has 0 radical (unpaired) electrons. The minimum Gasteiger partial charge on any atom is -0.395 e. The monoisotopic (exact) mass is 159 g/mol. The standard InChI is InChI=1S/C4H10ClNO.ClH/c5-2-1-4(6)3-7;/h4,7H,1-3,6H2;1H. The summed E-state index contributed by atoms with van der Waals surface area (Å²) in [6.45, 7) is 0.0344. The van der Waals surface area contributed by atoms with Crippen molar-refractivity contribution in [3.05, 3.63) is 0 Å². The van der Waals surface area contributed by atoms with Crippen LogP contribution in [0.15, 0.2) is 0 Å². The number of halogens is 2. The van der Waals surface area contributed by atoms with Gasteiger partial charge in [0.1, 0.15) is 0 Å². The van der Waals surface area contributed by atoms with Crippen molar-refractivity contribution in [3.63, 3.8) is 0 Å². The highest BCUT2D eigenvalue weighted by molar-refractivity contribution is 6.17. The fourth-order valence-electron chi connectivity index (χ4n) is 0.231. The Morgan fingerprint density at radius 1 is 1.62 bits per heavy atom. The van der Waals surface area contributed by atoms with Gasteiger partial charge in [0.25, 0.3) is 0 Å². The lowest BCUT2D eigenvalue weighted by Crippen LogP contribution is -2.24. The Morgan fingerprint density at radius 3 is 2.25 bits per heavy atom. The van der Waals surface area contributed by atoms with Crippen LogP contribution in [0.2, 0.25) is 0 Å². The smallest absolute Gasteiger partial charge is 0.0582 e. The molecule has 1 unspecified atom stereocenters. The van der Waals surface area contributed by atoms with Crippen LogP contribution < -0.4 is 5.73 Å². The summed E-state index contributed by atoms with van der Waals surface area (Å²) in [6.07, 6.45) is 0.693. The van der Waals surface area contributed by atoms with Crippen LogP contribution in [0.4, 0.5) is 0 Å². The summed E-state index contributed by atoms with van der Waals surface area (Å²) in [7, 11) is 0. The normalized spacial score (nSPS) is 12.4. The molecule has 8 heavy (non-hydrogen) atoms. The molecule has 3 N–H and O–H groups in total. The van der Waals surface area contributed by atoms with Crippen LogP contribution in [0, 0.1) is 0 Å². The van der Waals surface area contributed by atoms with E-state index in [0.29, 0.717) is 12.3 Å². The fraction of sp³-hybridized carbons (Fsp3) is 1.00. The maximum atomic E-state index is 8.28. The third-order valence-electron chi connectivity index (χ3n) is 0.714. The minimum absolute atomic E-state index is 0. The van der Waals surface area contributed by atoms with Crippen molar-refractivity contribution in [2.75, 3.05) is 12.5 Å². The molecule has 0 aliphatic carbocycles. The van der Waals surface area contributed by atoms with Gasteiger partial charge < -0.3 is 10.8 Å². The summed E-state index contributed by atoms with van der Waals surface area (Å²) in [6, 6.07) is -0.127. The third kappa shape index (κ3) is 6.50. The summed E-state index contributed by atoms with van der Waals surface area (Å²) in [5.74, 6) is 0.529. The molecule has 0 aromatic carbocycles. The molecule has 0 saturated heterocycles. The van der Waals surface area contributed by atoms with Crippen LogP contribution in [0.1, 0.15) is 6.42 Å². The van der Waals surface area contributed by atoms with Crippen molar-refractivity contribution in [2.45, 2.75) is 12.5 Å². The van der Waals surface area contributed by atoms with Gasteiger partial charge in [0.05, 0.1) is 6.61 Å². The summed E-state index contributed by atoms with van der Waals surface area (Å²) in [5, 5.41) is 8.28. The molecule has 0 heterocycles. The molecule has 1 atom stereocenters. The lowest BCUT2D eigenvalue weighted by molar-refractivity contribution is 0.263. The Labute approximate surface area is 60.4 Å². The van der Waals surface area contributed by atoms with Crippen LogP contribution in [0.5, 0.6) is 0 Å². The zero-order valence-corrected chi connectivity index (χ0v) is 6.08. The van der Waals surface area contributed by atoms with E-state index >= 15 is 0 Å². The minimum atomic E-state index is -0.127. The first-order chi connectivity index (χ1) is 3.31. The Hall–Kier alpha value is 0.500. The van der Waals surface area contributed by atoms with E-state index in [1.807, 2.05) is 0 Å². The topological polar surface area (TPSA) is 46.2 Å². The van der Waals surface area contributed by atoms with E-state index in [2.05, 4.69) is 0 Å². The molecule has 52 valence electrons. The van der Waals surface area contributed by atoms with E-state index < -0.39 is 0 Å². The lowest BCUT2D eigenvalue weighted by Gasteiger charge is -2.01. The number of aliphatic hydroxyl groups is 1. The molecule has 0 bridgehead atoms. The zero-order valence-electron chi connectivity index (χ0n) is 4.51. The average molecular weight is 160 g/mol. The van der Waals surface area contributed by atoms with Crippen molar-refractivity contribution in [1.29, 1.82) is 0 Å². The highest BCUT2D eigenvalue weighted by Gasteiger charge is 1.95. The molecule has 4 heteroatoms. The quantitative estimate of drug-likeness (QED) is 0.585. The van der Waals surface area contributed by atoms with E-state index in [0.717, 1.165) is 0 Å². The van der Waals surface area contributed by atoms with Gasteiger partial charge in [0.15, 0.2) is 0 Å². The van der Waals surface area contributed by atoms with E-state index in [-0.39, 0.29) is 25.1 Å². The van der Waals surface area contributed by atoms with Gasteiger partial charge in [-0.25, -0.2) is 0 Å². The first-order valence-corrected chi connectivity index (χ1v) is 2.77. The number of aliphatic hydroxyl groups excluding tert-OH is 1. The maximum absolute atomic E-state index is 8.28. The molecule has 0 amide bonds. The van der Waals surface area contributed by atoms with Crippen molar-refractivity contribution in [3.8, 4) is 0 Å². The summed E-state index contributed by atoms with van der Waals surface area (Å²) in [5.41, 5.74) is 5.25. The van der Waals surface area contributed by atoms with Crippen molar-refractivity contribution < 1.29 is 5.11 Å². The molecular weight excluding hydrogens is 149 g/mol. The highest BCUT2D eigenvalue weighted by Crippen LogP contribution is 1.87. The van der Waals surface area contributed by atoms with Gasteiger partial charge in [-0.2, -0.15) is 0 Å². The first-order valence-electron chi connectivity index (χ1n) is 2.23. The molecule has 2 nitrogen and oxygen atoms in total. The van der Waals surface area contributed by atoms with Gasteiger partial charge in [0.2, 0.25) is 0 Å². The van der Waals surface area contributed by atoms with Crippen LogP contribution in [0.3, 0.4) is 0 Å². The highest BCUT2D eigenvalue weighted by atomic mass is 35.5. The van der Waals surface area contributed by atoms with E-state index in [4.69, 9.17) is 22.4 Å². The number of alkyl halides is 1. The largest absolute Gasteiger partial charge is 0.395 e. The summed E-state index contributed by atoms with van der Waals surface area (Å²) < 4.78 is 0. The second-order valence-corrected chi connectivity index (χ2v) is 1.80. The number of hydrogen-bond acceptors (Lipinski definition) is 2. The Balaban J connectivity index is 0. The van der Waals surface area contributed by atoms with Gasteiger partial charge in [-0.15, -0.1) is 24.0 Å². The van der Waals surface area contributed by atoms with E-state index in [1.165, 1.54) is 0 Å². The lowest BCUT2D eigenvalue weighted by atomic mass is 10.3. The van der Waals surface area contributed by atoms with Crippen molar-refractivity contribution in [1.82, 2.24) is 0 Å². The van der Waals surface area contributed by atoms with Crippen molar-refractivity contribution >= 4 is 24.0 Å². The van der Waals surface area contributed by atoms with Crippen LogP contribution in [0.25, 0.3) is 0 Å².